The number of hydrogen-bond acceptors (Lipinski definition) is 5. The fraction of sp³-hybridized carbons (Fsp3) is 0.375. The first-order valence-corrected chi connectivity index (χ1v) is 7.80. The van der Waals surface area contributed by atoms with Gasteiger partial charge in [-0.05, 0) is 18.4 Å². The summed E-state index contributed by atoms with van der Waals surface area (Å²) in [6.45, 7) is 1.53. The highest BCUT2D eigenvalue weighted by Crippen LogP contribution is 2.34. The van der Waals surface area contributed by atoms with Crippen LogP contribution in [-0.2, 0) is 4.74 Å². The van der Waals surface area contributed by atoms with Gasteiger partial charge in [-0.1, -0.05) is 41.9 Å². The molecule has 5 nitrogen and oxygen atoms in total. The third-order valence-corrected chi connectivity index (χ3v) is 4.29. The number of nitrogen functional groups attached to an aromatic ring is 1. The topological polar surface area (TPSA) is 73.1 Å². The Kier molecular flexibility index (Phi) is 4.75. The smallest absolute Gasteiger partial charge is 0.150 e. The number of halogens is 1. The monoisotopic (exact) mass is 318 g/mol. The molecule has 3 rings (SSSR count). The van der Waals surface area contributed by atoms with Crippen LogP contribution in [0.15, 0.2) is 36.7 Å². The van der Waals surface area contributed by atoms with Crippen LogP contribution >= 0.6 is 11.6 Å². The van der Waals surface area contributed by atoms with Crippen LogP contribution in [0.25, 0.3) is 0 Å². The quantitative estimate of drug-likeness (QED) is 0.905. The first-order valence-electron chi connectivity index (χ1n) is 7.42. The zero-order valence-electron chi connectivity index (χ0n) is 12.2. The van der Waals surface area contributed by atoms with Gasteiger partial charge >= 0.3 is 0 Å². The average molecular weight is 319 g/mol. The van der Waals surface area contributed by atoms with Gasteiger partial charge in [-0.25, -0.2) is 9.97 Å². The van der Waals surface area contributed by atoms with E-state index in [1.165, 1.54) is 11.9 Å². The molecular formula is C16H19ClN4O. The van der Waals surface area contributed by atoms with E-state index >= 15 is 0 Å². The van der Waals surface area contributed by atoms with Crippen LogP contribution in [0, 0.1) is 5.92 Å². The van der Waals surface area contributed by atoms with Gasteiger partial charge in [0.15, 0.2) is 0 Å². The van der Waals surface area contributed by atoms with Gasteiger partial charge in [0.1, 0.15) is 23.0 Å². The number of nitrogens with one attached hydrogen (secondary N) is 1. The Balaban J connectivity index is 1.71. The lowest BCUT2D eigenvalue weighted by atomic mass is 9.89. The molecule has 2 aromatic rings. The first kappa shape index (κ1) is 15.1. The van der Waals surface area contributed by atoms with E-state index in [0.717, 1.165) is 26.0 Å². The van der Waals surface area contributed by atoms with E-state index < -0.39 is 0 Å². The highest BCUT2D eigenvalue weighted by molar-refractivity contribution is 6.35. The molecule has 2 atom stereocenters. The summed E-state index contributed by atoms with van der Waals surface area (Å²) >= 11 is 6.12. The number of rotatable bonds is 4. The van der Waals surface area contributed by atoms with E-state index in [2.05, 4.69) is 27.4 Å². The van der Waals surface area contributed by atoms with Crippen LogP contribution in [0.4, 0.5) is 11.6 Å². The van der Waals surface area contributed by atoms with Crippen molar-refractivity contribution in [3.05, 3.63) is 47.2 Å². The summed E-state index contributed by atoms with van der Waals surface area (Å²) in [5, 5.41) is 3.65. The number of aromatic nitrogens is 2. The van der Waals surface area contributed by atoms with Gasteiger partial charge in [0.2, 0.25) is 0 Å². The number of nitrogens with zero attached hydrogens (tertiary/aromatic N) is 2. The molecule has 1 saturated heterocycles. The minimum absolute atomic E-state index is 0.0976. The number of nitrogens with two attached hydrogens (primary N) is 1. The molecule has 0 amide bonds. The second kappa shape index (κ2) is 6.94. The van der Waals surface area contributed by atoms with Crippen molar-refractivity contribution in [3.8, 4) is 0 Å². The van der Waals surface area contributed by atoms with E-state index in [1.54, 1.807) is 0 Å². The summed E-state index contributed by atoms with van der Waals surface area (Å²) in [6.07, 6.45) is 3.68. The van der Waals surface area contributed by atoms with Crippen molar-refractivity contribution in [2.75, 3.05) is 24.2 Å². The maximum atomic E-state index is 6.12. The van der Waals surface area contributed by atoms with Crippen molar-refractivity contribution in [2.45, 2.75) is 18.9 Å². The lowest BCUT2D eigenvalue weighted by molar-refractivity contribution is -0.0238. The van der Waals surface area contributed by atoms with Gasteiger partial charge in [-0.2, -0.15) is 0 Å². The fourth-order valence-electron chi connectivity index (χ4n) is 2.80. The summed E-state index contributed by atoms with van der Waals surface area (Å²) in [7, 11) is 0. The summed E-state index contributed by atoms with van der Waals surface area (Å²) in [6, 6.07) is 10.3. The van der Waals surface area contributed by atoms with Gasteiger partial charge in [0, 0.05) is 19.1 Å². The average Bonchev–Trinajstić information content (AvgIpc) is 2.57. The number of benzene rings is 1. The van der Waals surface area contributed by atoms with Gasteiger partial charge < -0.3 is 15.8 Å². The van der Waals surface area contributed by atoms with Crippen molar-refractivity contribution in [3.63, 3.8) is 0 Å². The Morgan fingerprint density at radius 2 is 2.09 bits per heavy atom. The molecule has 1 aliphatic rings. The lowest BCUT2D eigenvalue weighted by Gasteiger charge is -2.32. The molecule has 116 valence electrons. The third-order valence-electron chi connectivity index (χ3n) is 3.92. The highest BCUT2D eigenvalue weighted by atomic mass is 35.5. The molecule has 0 aliphatic carbocycles. The summed E-state index contributed by atoms with van der Waals surface area (Å²) < 4.78 is 5.99. The Labute approximate surface area is 134 Å². The molecule has 0 saturated carbocycles. The largest absolute Gasteiger partial charge is 0.382 e. The SMILES string of the molecule is Nc1ncnc(NCC2CCCOC2c2ccccc2)c1Cl. The van der Waals surface area contributed by atoms with Crippen molar-refractivity contribution >= 4 is 23.2 Å². The molecule has 0 spiro atoms. The molecule has 22 heavy (non-hydrogen) atoms. The minimum Gasteiger partial charge on any atom is -0.382 e. The van der Waals surface area contributed by atoms with Crippen LogP contribution in [0.3, 0.4) is 0 Å². The van der Waals surface area contributed by atoms with Crippen LogP contribution in [0.5, 0.6) is 0 Å². The van der Waals surface area contributed by atoms with E-state index in [4.69, 9.17) is 22.1 Å². The fourth-order valence-corrected chi connectivity index (χ4v) is 2.96. The van der Waals surface area contributed by atoms with E-state index in [9.17, 15) is 0 Å². The molecule has 1 aliphatic heterocycles. The van der Waals surface area contributed by atoms with Crippen molar-refractivity contribution in [1.29, 1.82) is 0 Å². The molecule has 1 aromatic heterocycles. The van der Waals surface area contributed by atoms with Gasteiger partial charge in [0.25, 0.3) is 0 Å². The van der Waals surface area contributed by atoms with Crippen LogP contribution in [-0.4, -0.2) is 23.1 Å². The predicted octanol–water partition coefficient (Wildman–Crippen LogP) is 3.29. The molecule has 3 N–H and O–H groups in total. The molecule has 2 unspecified atom stereocenters. The molecular weight excluding hydrogens is 300 g/mol. The molecule has 1 fully saturated rings. The maximum absolute atomic E-state index is 6.12. The number of anilines is 2. The normalized spacial score (nSPS) is 21.5. The summed E-state index contributed by atoms with van der Waals surface area (Å²) in [5.41, 5.74) is 6.91. The van der Waals surface area contributed by atoms with Crippen molar-refractivity contribution in [1.82, 2.24) is 9.97 Å². The molecule has 0 bridgehead atoms. The number of hydrogen-bond donors (Lipinski definition) is 2. The standard InChI is InChI=1S/C16H19ClN4O/c17-13-15(18)20-10-21-16(13)19-9-12-7-4-8-22-14(12)11-5-2-1-3-6-11/h1-3,5-6,10,12,14H,4,7-9H2,(H3,18,19,20,21). The van der Waals surface area contributed by atoms with Crippen LogP contribution in [0.1, 0.15) is 24.5 Å². The molecule has 0 radical (unpaired) electrons. The van der Waals surface area contributed by atoms with Gasteiger partial charge in [0.05, 0.1) is 6.10 Å². The first-order chi connectivity index (χ1) is 10.8. The Morgan fingerprint density at radius 1 is 1.27 bits per heavy atom. The van der Waals surface area contributed by atoms with E-state index in [-0.39, 0.29) is 6.10 Å². The Bertz CT molecular complexity index is 623. The van der Waals surface area contributed by atoms with E-state index in [0.29, 0.717) is 22.6 Å². The van der Waals surface area contributed by atoms with Gasteiger partial charge in [-0.3, -0.25) is 0 Å². The van der Waals surface area contributed by atoms with Crippen molar-refractivity contribution in [2.24, 2.45) is 5.92 Å². The van der Waals surface area contributed by atoms with Crippen molar-refractivity contribution < 1.29 is 4.74 Å². The van der Waals surface area contributed by atoms with Crippen LogP contribution < -0.4 is 11.1 Å². The minimum atomic E-state index is 0.0976. The number of ether oxygens (including phenoxy) is 1. The third kappa shape index (κ3) is 3.31. The lowest BCUT2D eigenvalue weighted by Crippen LogP contribution is -2.28. The molecule has 6 heteroatoms. The van der Waals surface area contributed by atoms with Gasteiger partial charge in [-0.15, -0.1) is 0 Å². The zero-order chi connectivity index (χ0) is 15.4. The van der Waals surface area contributed by atoms with Crippen LogP contribution in [0.2, 0.25) is 5.02 Å². The molecule has 2 heterocycles. The summed E-state index contributed by atoms with van der Waals surface area (Å²) in [4.78, 5) is 8.01. The Hall–Kier alpha value is -1.85. The predicted molar refractivity (Wildman–Crippen MR) is 87.8 cm³/mol. The van der Waals surface area contributed by atoms with E-state index in [1.807, 2.05) is 18.2 Å². The summed E-state index contributed by atoms with van der Waals surface area (Å²) in [5.74, 6) is 1.23. The zero-order valence-corrected chi connectivity index (χ0v) is 13.0. The second-order valence-corrected chi connectivity index (χ2v) is 5.78. The Morgan fingerprint density at radius 3 is 2.91 bits per heavy atom. The second-order valence-electron chi connectivity index (χ2n) is 5.41. The maximum Gasteiger partial charge on any atom is 0.150 e. The highest BCUT2D eigenvalue weighted by Gasteiger charge is 2.27. The molecule has 1 aromatic carbocycles.